The second-order valence-electron chi connectivity index (χ2n) is 11.4. The molecular formula is C25H53NO3. The number of nitrogens with zero attached hydrogens (tertiary/aromatic N) is 1. The fourth-order valence-corrected chi connectivity index (χ4v) is 3.63. The molecule has 0 aliphatic rings. The molecule has 176 valence electrons. The van der Waals surface area contributed by atoms with Gasteiger partial charge in [-0.25, -0.2) is 0 Å². The van der Waals surface area contributed by atoms with Crippen molar-refractivity contribution < 1.29 is 14.3 Å². The van der Waals surface area contributed by atoms with Crippen LogP contribution in [0.4, 0.5) is 0 Å². The van der Waals surface area contributed by atoms with Crippen LogP contribution in [0.1, 0.15) is 109 Å². The van der Waals surface area contributed by atoms with E-state index in [1.54, 1.807) is 7.11 Å². The van der Waals surface area contributed by atoms with Gasteiger partial charge in [0.25, 0.3) is 0 Å². The Balaban J connectivity index is 0. The van der Waals surface area contributed by atoms with Crippen LogP contribution < -0.4 is 0 Å². The van der Waals surface area contributed by atoms with Gasteiger partial charge < -0.3 is 14.4 Å². The summed E-state index contributed by atoms with van der Waals surface area (Å²) in [6, 6.07) is 0. The molecule has 1 amide bonds. The first-order chi connectivity index (χ1) is 12.9. The molecular weight excluding hydrogens is 362 g/mol. The summed E-state index contributed by atoms with van der Waals surface area (Å²) in [7, 11) is 1.72. The average molecular weight is 416 g/mol. The molecule has 0 bridgehead atoms. The van der Waals surface area contributed by atoms with Crippen LogP contribution in [-0.4, -0.2) is 47.8 Å². The summed E-state index contributed by atoms with van der Waals surface area (Å²) in [6.45, 7) is 28.9. The molecule has 0 N–H and O–H groups in total. The number of hydrogen-bond acceptors (Lipinski definition) is 3. The highest BCUT2D eigenvalue weighted by atomic mass is 16.5. The van der Waals surface area contributed by atoms with Gasteiger partial charge in [-0.1, -0.05) is 48.5 Å². The van der Waals surface area contributed by atoms with E-state index >= 15 is 0 Å². The Kier molecular flexibility index (Phi) is 13.0. The Labute approximate surface area is 183 Å². The molecule has 0 fully saturated rings. The lowest BCUT2D eigenvalue weighted by atomic mass is 9.80. The summed E-state index contributed by atoms with van der Waals surface area (Å²) >= 11 is 0. The summed E-state index contributed by atoms with van der Waals surface area (Å²) in [5.74, 6) is 0.605. The predicted molar refractivity (Wildman–Crippen MR) is 126 cm³/mol. The minimum Gasteiger partial charge on any atom is -0.379 e. The monoisotopic (exact) mass is 415 g/mol. The zero-order valence-corrected chi connectivity index (χ0v) is 22.3. The molecule has 4 nitrogen and oxygen atoms in total. The van der Waals surface area contributed by atoms with E-state index in [0.717, 1.165) is 19.4 Å². The van der Waals surface area contributed by atoms with E-state index < -0.39 is 5.60 Å². The molecule has 0 saturated heterocycles. The quantitative estimate of drug-likeness (QED) is 0.376. The Morgan fingerprint density at radius 2 is 1.38 bits per heavy atom. The van der Waals surface area contributed by atoms with Gasteiger partial charge in [0.05, 0.1) is 24.2 Å². The van der Waals surface area contributed by atoms with Crippen LogP contribution in [0.5, 0.6) is 0 Å². The molecule has 0 atom stereocenters. The fraction of sp³-hybridized carbons (Fsp3) is 0.960. The molecule has 0 aliphatic heterocycles. The van der Waals surface area contributed by atoms with E-state index in [2.05, 4.69) is 53.4 Å². The molecule has 0 rings (SSSR count). The zero-order valence-electron chi connectivity index (χ0n) is 22.3. The Morgan fingerprint density at radius 3 is 1.76 bits per heavy atom. The average Bonchev–Trinajstić information content (AvgIpc) is 2.51. The van der Waals surface area contributed by atoms with E-state index in [9.17, 15) is 4.79 Å². The molecule has 29 heavy (non-hydrogen) atoms. The van der Waals surface area contributed by atoms with E-state index in [1.165, 1.54) is 0 Å². The van der Waals surface area contributed by atoms with Gasteiger partial charge in [-0.2, -0.15) is 0 Å². The third-order valence-electron chi connectivity index (χ3n) is 4.87. The first kappa shape index (κ1) is 30.6. The summed E-state index contributed by atoms with van der Waals surface area (Å²) in [6.07, 6.45) is 2.15. The third kappa shape index (κ3) is 14.1. The van der Waals surface area contributed by atoms with Crippen LogP contribution in [0.2, 0.25) is 0 Å². The van der Waals surface area contributed by atoms with Gasteiger partial charge in [0.2, 0.25) is 5.91 Å². The molecule has 0 heterocycles. The number of carbonyl (C=O) groups is 1. The summed E-state index contributed by atoms with van der Waals surface area (Å²) < 4.78 is 11.5. The van der Waals surface area contributed by atoms with Crippen LogP contribution in [0, 0.1) is 11.3 Å². The number of amides is 1. The Hall–Kier alpha value is -0.610. The van der Waals surface area contributed by atoms with Gasteiger partial charge in [-0.3, -0.25) is 4.79 Å². The van der Waals surface area contributed by atoms with E-state index in [-0.39, 0.29) is 22.5 Å². The van der Waals surface area contributed by atoms with E-state index in [0.29, 0.717) is 18.9 Å². The predicted octanol–water partition coefficient (Wildman–Crippen LogP) is 6.71. The van der Waals surface area contributed by atoms with Crippen molar-refractivity contribution in [1.82, 2.24) is 4.90 Å². The molecule has 4 heteroatoms. The van der Waals surface area contributed by atoms with Gasteiger partial charge in [-0.05, 0) is 65.7 Å². The van der Waals surface area contributed by atoms with E-state index in [4.69, 9.17) is 9.47 Å². The van der Waals surface area contributed by atoms with Crippen molar-refractivity contribution in [2.45, 2.75) is 126 Å². The SMILES string of the molecule is CC.COC(C)(C)CCOC(C)(C)CC(=O)N(CC(C)C)C(C)(C)CC(C)(C)C. The highest BCUT2D eigenvalue weighted by Gasteiger charge is 2.37. The normalized spacial score (nSPS) is 13.2. The molecule has 0 saturated carbocycles. The molecule has 0 aliphatic carbocycles. The van der Waals surface area contributed by atoms with E-state index in [1.807, 2.05) is 41.5 Å². The minimum atomic E-state index is -0.492. The van der Waals surface area contributed by atoms with Crippen LogP contribution in [0.15, 0.2) is 0 Å². The smallest absolute Gasteiger partial charge is 0.225 e. The lowest BCUT2D eigenvalue weighted by Gasteiger charge is -2.44. The second-order valence-corrected chi connectivity index (χ2v) is 11.4. The molecule has 0 radical (unpaired) electrons. The van der Waals surface area contributed by atoms with Gasteiger partial charge in [0.1, 0.15) is 0 Å². The van der Waals surface area contributed by atoms with Gasteiger partial charge >= 0.3 is 0 Å². The largest absolute Gasteiger partial charge is 0.379 e. The number of rotatable bonds is 11. The summed E-state index contributed by atoms with van der Waals surface area (Å²) in [5.41, 5.74) is -0.725. The molecule has 0 aromatic rings. The van der Waals surface area contributed by atoms with Gasteiger partial charge in [0, 0.05) is 19.2 Å². The first-order valence-corrected chi connectivity index (χ1v) is 11.4. The second kappa shape index (κ2) is 12.3. The molecule has 0 aromatic carbocycles. The van der Waals surface area contributed by atoms with Crippen molar-refractivity contribution in [3.63, 3.8) is 0 Å². The zero-order chi connectivity index (χ0) is 23.7. The molecule has 0 spiro atoms. The summed E-state index contributed by atoms with van der Waals surface area (Å²) in [4.78, 5) is 15.3. The molecule has 0 unspecified atom stereocenters. The summed E-state index contributed by atoms with van der Waals surface area (Å²) in [5, 5.41) is 0. The van der Waals surface area contributed by atoms with Crippen LogP contribution in [-0.2, 0) is 14.3 Å². The number of carbonyl (C=O) groups excluding carboxylic acids is 1. The maximum atomic E-state index is 13.3. The number of methoxy groups -OCH3 is 1. The van der Waals surface area contributed by atoms with Crippen LogP contribution >= 0.6 is 0 Å². The maximum absolute atomic E-state index is 13.3. The van der Waals surface area contributed by atoms with Crippen molar-refractivity contribution in [2.24, 2.45) is 11.3 Å². The highest BCUT2D eigenvalue weighted by molar-refractivity contribution is 5.78. The van der Waals surface area contributed by atoms with Crippen LogP contribution in [0.25, 0.3) is 0 Å². The first-order valence-electron chi connectivity index (χ1n) is 11.4. The van der Waals surface area contributed by atoms with Gasteiger partial charge in [0.15, 0.2) is 0 Å². The van der Waals surface area contributed by atoms with Crippen molar-refractivity contribution in [3.05, 3.63) is 0 Å². The number of hydrogen-bond donors (Lipinski definition) is 0. The van der Waals surface area contributed by atoms with Crippen molar-refractivity contribution in [2.75, 3.05) is 20.3 Å². The maximum Gasteiger partial charge on any atom is 0.225 e. The van der Waals surface area contributed by atoms with Crippen molar-refractivity contribution in [1.29, 1.82) is 0 Å². The lowest BCUT2D eigenvalue weighted by molar-refractivity contribution is -0.145. The van der Waals surface area contributed by atoms with Crippen molar-refractivity contribution >= 4 is 5.91 Å². The number of ether oxygens (including phenoxy) is 2. The standard InChI is InChI=1S/C23H47NO3.C2H6/c1-18(2)16-24(21(6,7)17-20(3,4)5)19(25)15-23(10,11)27-14-13-22(8,9)26-12;1-2/h18H,13-17H2,1-12H3;1-2H3. The van der Waals surface area contributed by atoms with Crippen molar-refractivity contribution in [3.8, 4) is 0 Å². The Bertz CT molecular complexity index is 459. The third-order valence-corrected chi connectivity index (χ3v) is 4.87. The fourth-order valence-electron chi connectivity index (χ4n) is 3.63. The highest BCUT2D eigenvalue weighted by Crippen LogP contribution is 2.33. The molecule has 0 aromatic heterocycles. The van der Waals surface area contributed by atoms with Crippen LogP contribution in [0.3, 0.4) is 0 Å². The Morgan fingerprint density at radius 1 is 0.897 bits per heavy atom. The minimum absolute atomic E-state index is 0.163. The van der Waals surface area contributed by atoms with Gasteiger partial charge in [-0.15, -0.1) is 0 Å². The lowest BCUT2D eigenvalue weighted by Crippen LogP contribution is -2.52. The topological polar surface area (TPSA) is 38.8 Å².